The second-order valence-electron chi connectivity index (χ2n) is 7.23. The summed E-state index contributed by atoms with van der Waals surface area (Å²) in [5.41, 5.74) is 5.01. The summed E-state index contributed by atoms with van der Waals surface area (Å²) in [5.74, 6) is 0. The van der Waals surface area contributed by atoms with Crippen LogP contribution in [0.3, 0.4) is 0 Å². The third kappa shape index (κ3) is 2.49. The van der Waals surface area contributed by atoms with E-state index < -0.39 is 30.6 Å². The molecule has 8 heteroatoms. The van der Waals surface area contributed by atoms with E-state index in [2.05, 4.69) is 15.0 Å². The van der Waals surface area contributed by atoms with Crippen molar-refractivity contribution in [2.24, 2.45) is 0 Å². The van der Waals surface area contributed by atoms with Crippen molar-refractivity contribution in [3.05, 3.63) is 53.2 Å². The molecule has 1 aliphatic heterocycles. The van der Waals surface area contributed by atoms with E-state index in [9.17, 15) is 15.3 Å². The van der Waals surface area contributed by atoms with Crippen molar-refractivity contribution < 1.29 is 20.1 Å². The summed E-state index contributed by atoms with van der Waals surface area (Å²) in [7, 11) is 0. The number of aliphatic hydroxyl groups excluding tert-OH is 3. The van der Waals surface area contributed by atoms with Crippen LogP contribution < -0.4 is 0 Å². The van der Waals surface area contributed by atoms with Gasteiger partial charge in [0.2, 0.25) is 0 Å². The van der Waals surface area contributed by atoms with E-state index in [1.54, 1.807) is 4.57 Å². The number of hydrogen-bond donors (Lipinski definition) is 3. The van der Waals surface area contributed by atoms with Crippen LogP contribution in [0.4, 0.5) is 0 Å². The Morgan fingerprint density at radius 3 is 2.67 bits per heavy atom. The highest BCUT2D eigenvalue weighted by molar-refractivity contribution is 5.72. The molecule has 3 heterocycles. The Morgan fingerprint density at radius 2 is 1.93 bits per heavy atom. The largest absolute Gasteiger partial charge is 0.387 e. The van der Waals surface area contributed by atoms with Gasteiger partial charge in [0, 0.05) is 0 Å². The third-order valence-electron chi connectivity index (χ3n) is 5.64. The molecule has 2 aromatic heterocycles. The number of aromatic nitrogens is 4. The first-order valence-corrected chi connectivity index (χ1v) is 9.00. The number of rotatable bonds is 3. The molecule has 1 unspecified atom stereocenters. The van der Waals surface area contributed by atoms with Crippen molar-refractivity contribution >= 4 is 11.2 Å². The minimum Gasteiger partial charge on any atom is -0.387 e. The van der Waals surface area contributed by atoms with Crippen molar-refractivity contribution in [3.8, 4) is 0 Å². The number of imidazole rings is 1. The van der Waals surface area contributed by atoms with Crippen LogP contribution in [0.1, 0.15) is 34.7 Å². The van der Waals surface area contributed by atoms with Crippen LogP contribution in [0.25, 0.3) is 11.2 Å². The van der Waals surface area contributed by atoms with Crippen molar-refractivity contribution in [1.82, 2.24) is 19.5 Å². The van der Waals surface area contributed by atoms with Gasteiger partial charge in [0.05, 0.1) is 12.0 Å². The molecule has 0 bridgehead atoms. The lowest BCUT2D eigenvalue weighted by Gasteiger charge is -2.25. The van der Waals surface area contributed by atoms with Gasteiger partial charge in [0.15, 0.2) is 11.9 Å². The Kier molecular flexibility index (Phi) is 3.76. The molecule has 5 atom stereocenters. The summed E-state index contributed by atoms with van der Waals surface area (Å²) >= 11 is 0. The molecule has 1 aliphatic carbocycles. The van der Waals surface area contributed by atoms with Crippen molar-refractivity contribution in [2.45, 2.75) is 50.4 Å². The van der Waals surface area contributed by atoms with Crippen molar-refractivity contribution in [2.75, 3.05) is 0 Å². The summed E-state index contributed by atoms with van der Waals surface area (Å²) in [6.45, 7) is 1.82. The molecule has 2 aliphatic rings. The van der Waals surface area contributed by atoms with Gasteiger partial charge < -0.3 is 20.1 Å². The maximum atomic E-state index is 10.8. The molecule has 140 valence electrons. The van der Waals surface area contributed by atoms with Gasteiger partial charge in [-0.15, -0.1) is 0 Å². The highest BCUT2D eigenvalue weighted by Crippen LogP contribution is 2.38. The second-order valence-corrected chi connectivity index (χ2v) is 7.23. The number of hydrogen-bond acceptors (Lipinski definition) is 7. The molecule has 0 saturated carbocycles. The lowest BCUT2D eigenvalue weighted by Crippen LogP contribution is -2.35. The average molecular weight is 368 g/mol. The molecule has 27 heavy (non-hydrogen) atoms. The number of benzene rings is 1. The first-order chi connectivity index (χ1) is 13.0. The zero-order valence-corrected chi connectivity index (χ0v) is 14.7. The SMILES string of the molecule is Cc1ncnc2c1ncn2[C@@H]1O[C@H](C(O)c2ccc3c(c2)CC3)[C@@H](O)[C@H]1O. The molecule has 1 aromatic carbocycles. The van der Waals surface area contributed by atoms with Gasteiger partial charge in [-0.1, -0.05) is 18.2 Å². The minimum atomic E-state index is -1.24. The van der Waals surface area contributed by atoms with Crippen molar-refractivity contribution in [1.29, 1.82) is 0 Å². The number of aliphatic hydroxyl groups is 3. The average Bonchev–Trinajstić information content (AvgIpc) is 3.19. The van der Waals surface area contributed by atoms with Crippen LogP contribution in [0.2, 0.25) is 0 Å². The first-order valence-electron chi connectivity index (χ1n) is 9.00. The highest BCUT2D eigenvalue weighted by atomic mass is 16.6. The molecule has 0 radical (unpaired) electrons. The van der Waals surface area contributed by atoms with Crippen LogP contribution in [0.15, 0.2) is 30.9 Å². The molecule has 8 nitrogen and oxygen atoms in total. The number of aryl methyl sites for hydroxylation is 3. The molecule has 1 saturated heterocycles. The fourth-order valence-corrected chi connectivity index (χ4v) is 3.92. The van der Waals surface area contributed by atoms with E-state index in [1.807, 2.05) is 25.1 Å². The van der Waals surface area contributed by atoms with Crippen LogP contribution in [0.5, 0.6) is 0 Å². The lowest BCUT2D eigenvalue weighted by molar-refractivity contribution is -0.0850. The second kappa shape index (κ2) is 6.07. The lowest BCUT2D eigenvalue weighted by atomic mass is 9.85. The topological polar surface area (TPSA) is 114 Å². The van der Waals surface area contributed by atoms with E-state index in [-0.39, 0.29) is 0 Å². The number of nitrogens with zero attached hydrogens (tertiary/aromatic N) is 4. The van der Waals surface area contributed by atoms with Crippen LogP contribution in [-0.2, 0) is 17.6 Å². The highest BCUT2D eigenvalue weighted by Gasteiger charge is 2.47. The van der Waals surface area contributed by atoms with Gasteiger partial charge in [-0.3, -0.25) is 4.57 Å². The molecule has 1 fully saturated rings. The minimum absolute atomic E-state index is 0.509. The smallest absolute Gasteiger partial charge is 0.165 e. The monoisotopic (exact) mass is 368 g/mol. The van der Waals surface area contributed by atoms with Gasteiger partial charge in [-0.25, -0.2) is 15.0 Å². The normalized spacial score (nSPS) is 28.1. The van der Waals surface area contributed by atoms with E-state index >= 15 is 0 Å². The van der Waals surface area contributed by atoms with Gasteiger partial charge in [0.1, 0.15) is 36.3 Å². The van der Waals surface area contributed by atoms with E-state index in [0.717, 1.165) is 12.8 Å². The molecule has 0 amide bonds. The zero-order chi connectivity index (χ0) is 18.7. The van der Waals surface area contributed by atoms with Crippen LogP contribution >= 0.6 is 0 Å². The summed E-state index contributed by atoms with van der Waals surface area (Å²) in [6.07, 6.45) is -0.375. The number of ether oxygens (including phenoxy) is 1. The van der Waals surface area contributed by atoms with E-state index in [1.165, 1.54) is 23.8 Å². The van der Waals surface area contributed by atoms with Gasteiger partial charge in [-0.05, 0) is 36.5 Å². The summed E-state index contributed by atoms with van der Waals surface area (Å²) in [6, 6.07) is 5.79. The van der Waals surface area contributed by atoms with Gasteiger partial charge >= 0.3 is 0 Å². The Bertz CT molecular complexity index is 1020. The molecular formula is C19H20N4O4. The fourth-order valence-electron chi connectivity index (χ4n) is 3.92. The standard InChI is InChI=1S/C19H20N4O4/c1-9-13-18(21-7-20-9)23(8-22-13)19-16(26)15(25)17(27-19)14(24)12-5-3-10-2-4-11(10)6-12/h3,5-8,14-17,19,24-26H,2,4H2,1H3/t14?,15-,16+,17+,19+/m0/s1. The fraction of sp³-hybridized carbons (Fsp3) is 0.421. The molecule has 3 N–H and O–H groups in total. The van der Waals surface area contributed by atoms with Crippen molar-refractivity contribution in [3.63, 3.8) is 0 Å². The maximum absolute atomic E-state index is 10.8. The van der Waals surface area contributed by atoms with Gasteiger partial charge in [-0.2, -0.15) is 0 Å². The molecule has 5 rings (SSSR count). The predicted molar refractivity (Wildman–Crippen MR) is 94.8 cm³/mol. The quantitative estimate of drug-likeness (QED) is 0.620. The van der Waals surface area contributed by atoms with Crippen LogP contribution in [0, 0.1) is 6.92 Å². The number of fused-ring (bicyclic) bond motifs is 2. The Balaban J connectivity index is 1.46. The Hall–Kier alpha value is -2.39. The van der Waals surface area contributed by atoms with Gasteiger partial charge in [0.25, 0.3) is 0 Å². The van der Waals surface area contributed by atoms with Crippen LogP contribution in [-0.4, -0.2) is 53.2 Å². The van der Waals surface area contributed by atoms with E-state index in [0.29, 0.717) is 22.4 Å². The molecule has 0 spiro atoms. The van der Waals surface area contributed by atoms with E-state index in [4.69, 9.17) is 4.74 Å². The summed E-state index contributed by atoms with van der Waals surface area (Å²) < 4.78 is 7.47. The molecule has 3 aromatic rings. The summed E-state index contributed by atoms with van der Waals surface area (Å²) in [5, 5.41) is 31.9. The maximum Gasteiger partial charge on any atom is 0.165 e. The zero-order valence-electron chi connectivity index (χ0n) is 14.7. The summed E-state index contributed by atoms with van der Waals surface area (Å²) in [4.78, 5) is 12.6. The predicted octanol–water partition coefficient (Wildman–Crippen LogP) is 0.586. The first kappa shape index (κ1) is 16.8. The third-order valence-corrected chi connectivity index (χ3v) is 5.64. The molecular weight excluding hydrogens is 348 g/mol. The Morgan fingerprint density at radius 1 is 1.11 bits per heavy atom. The Labute approximate surface area is 155 Å².